The van der Waals surface area contributed by atoms with E-state index in [4.69, 9.17) is 17.3 Å². The van der Waals surface area contributed by atoms with Gasteiger partial charge in [0.2, 0.25) is 0 Å². The molecular weight excluding hydrogens is 248 g/mol. The maximum absolute atomic E-state index is 6.08. The van der Waals surface area contributed by atoms with Crippen LogP contribution in [0.4, 0.5) is 11.4 Å². The number of rotatable bonds is 4. The van der Waals surface area contributed by atoms with Gasteiger partial charge in [0, 0.05) is 25.3 Å². The molecule has 1 aliphatic heterocycles. The van der Waals surface area contributed by atoms with Crippen LogP contribution in [0.5, 0.6) is 0 Å². The normalized spacial score (nSPS) is 20.6. The third-order valence-corrected chi connectivity index (χ3v) is 3.83. The number of nitrogens with one attached hydrogen (secondary N) is 1. The van der Waals surface area contributed by atoms with Crippen LogP contribution in [-0.2, 0) is 0 Å². The number of halogens is 1. The molecule has 4 nitrogen and oxygen atoms in total. The lowest BCUT2D eigenvalue weighted by molar-refractivity contribution is 0.266. The first-order valence-corrected chi connectivity index (χ1v) is 6.82. The molecule has 1 saturated heterocycles. The molecule has 1 atom stereocenters. The maximum Gasteiger partial charge on any atom is 0.0841 e. The zero-order valence-corrected chi connectivity index (χ0v) is 11.7. The number of hydrogen-bond acceptors (Lipinski definition) is 4. The summed E-state index contributed by atoms with van der Waals surface area (Å²) in [7, 11) is 0. The topological polar surface area (TPSA) is 54.2 Å². The molecule has 2 rings (SSSR count). The number of aromatic nitrogens is 1. The Morgan fingerprint density at radius 3 is 2.94 bits per heavy atom. The summed E-state index contributed by atoms with van der Waals surface area (Å²) in [6.07, 6.45) is 4.48. The average molecular weight is 269 g/mol. The van der Waals surface area contributed by atoms with E-state index >= 15 is 0 Å². The molecular formula is C13H21ClN4. The van der Waals surface area contributed by atoms with Crippen molar-refractivity contribution in [3.63, 3.8) is 0 Å². The molecule has 3 N–H and O–H groups in total. The summed E-state index contributed by atoms with van der Waals surface area (Å²) in [6.45, 7) is 7.73. The first-order chi connectivity index (χ1) is 8.58. The van der Waals surface area contributed by atoms with Crippen LogP contribution in [-0.4, -0.2) is 35.6 Å². The molecule has 2 heterocycles. The smallest absolute Gasteiger partial charge is 0.0841 e. The first-order valence-electron chi connectivity index (χ1n) is 6.45. The quantitative estimate of drug-likeness (QED) is 0.881. The highest BCUT2D eigenvalue weighted by molar-refractivity contribution is 6.33. The number of pyridine rings is 1. The number of anilines is 2. The number of nitrogens with two attached hydrogens (primary N) is 1. The van der Waals surface area contributed by atoms with E-state index in [9.17, 15) is 0 Å². The predicted octanol–water partition coefficient (Wildman–Crippen LogP) is 2.46. The van der Waals surface area contributed by atoms with Crippen molar-refractivity contribution in [2.24, 2.45) is 5.92 Å². The molecule has 0 amide bonds. The molecule has 1 aromatic heterocycles. The van der Waals surface area contributed by atoms with E-state index in [-0.39, 0.29) is 0 Å². The minimum Gasteiger partial charge on any atom is -0.396 e. The van der Waals surface area contributed by atoms with Gasteiger partial charge < -0.3 is 16.0 Å². The fraction of sp³-hybridized carbons (Fsp3) is 0.615. The van der Waals surface area contributed by atoms with Gasteiger partial charge in [-0.05, 0) is 32.7 Å². The van der Waals surface area contributed by atoms with E-state index in [0.717, 1.165) is 18.8 Å². The van der Waals surface area contributed by atoms with Crippen LogP contribution in [0.15, 0.2) is 12.4 Å². The van der Waals surface area contributed by atoms with Crippen LogP contribution in [0, 0.1) is 5.92 Å². The van der Waals surface area contributed by atoms with Gasteiger partial charge in [-0.1, -0.05) is 11.6 Å². The van der Waals surface area contributed by atoms with Crippen LogP contribution in [0.3, 0.4) is 0 Å². The summed E-state index contributed by atoms with van der Waals surface area (Å²) >= 11 is 6.08. The minimum atomic E-state index is 0.591. The first kappa shape index (κ1) is 13.4. The summed E-state index contributed by atoms with van der Waals surface area (Å²) in [4.78, 5) is 6.46. The van der Waals surface area contributed by atoms with E-state index in [2.05, 4.69) is 29.0 Å². The van der Waals surface area contributed by atoms with Gasteiger partial charge in [-0.3, -0.25) is 4.98 Å². The molecule has 18 heavy (non-hydrogen) atoms. The monoisotopic (exact) mass is 268 g/mol. The Morgan fingerprint density at radius 1 is 1.56 bits per heavy atom. The summed E-state index contributed by atoms with van der Waals surface area (Å²) in [5, 5.41) is 3.95. The summed E-state index contributed by atoms with van der Waals surface area (Å²) in [5.74, 6) is 0.663. The molecule has 0 spiro atoms. The second kappa shape index (κ2) is 5.76. The second-order valence-electron chi connectivity index (χ2n) is 5.21. The molecule has 1 aliphatic rings. The highest BCUT2D eigenvalue weighted by atomic mass is 35.5. The third kappa shape index (κ3) is 3.06. The third-order valence-electron chi connectivity index (χ3n) is 3.54. The number of hydrogen-bond donors (Lipinski definition) is 2. The molecule has 0 saturated carbocycles. The van der Waals surface area contributed by atoms with Crippen molar-refractivity contribution in [1.82, 2.24) is 9.88 Å². The van der Waals surface area contributed by atoms with Crippen molar-refractivity contribution < 1.29 is 0 Å². The average Bonchev–Trinajstić information content (AvgIpc) is 2.77. The van der Waals surface area contributed by atoms with Crippen molar-refractivity contribution in [3.8, 4) is 0 Å². The van der Waals surface area contributed by atoms with E-state index in [1.165, 1.54) is 13.0 Å². The van der Waals surface area contributed by atoms with Crippen molar-refractivity contribution in [1.29, 1.82) is 0 Å². The van der Waals surface area contributed by atoms with Crippen LogP contribution in [0.1, 0.15) is 20.3 Å². The number of nitrogens with zero attached hydrogens (tertiary/aromatic N) is 2. The van der Waals surface area contributed by atoms with Crippen LogP contribution >= 0.6 is 11.6 Å². The standard InChI is InChI=1S/C13H21ClN4/c1-9(2)18-4-3-10(8-18)5-17-13-11(14)6-16-7-12(13)15/h6-7,9-10H,3-5,8,15H2,1-2H3,(H,16,17). The maximum atomic E-state index is 6.08. The lowest BCUT2D eigenvalue weighted by Gasteiger charge is -2.20. The predicted molar refractivity (Wildman–Crippen MR) is 77.0 cm³/mol. The second-order valence-corrected chi connectivity index (χ2v) is 5.62. The Balaban J connectivity index is 1.89. The van der Waals surface area contributed by atoms with Crippen molar-refractivity contribution in [2.75, 3.05) is 30.7 Å². The van der Waals surface area contributed by atoms with Gasteiger partial charge in [-0.15, -0.1) is 0 Å². The molecule has 0 radical (unpaired) electrons. The largest absolute Gasteiger partial charge is 0.396 e. The van der Waals surface area contributed by atoms with E-state index in [1.54, 1.807) is 12.4 Å². The van der Waals surface area contributed by atoms with E-state index in [1.807, 2.05) is 0 Å². The summed E-state index contributed by atoms with van der Waals surface area (Å²) < 4.78 is 0. The molecule has 1 aromatic rings. The number of likely N-dealkylation sites (tertiary alicyclic amines) is 1. The van der Waals surface area contributed by atoms with Gasteiger partial charge in [0.25, 0.3) is 0 Å². The molecule has 1 fully saturated rings. The fourth-order valence-electron chi connectivity index (χ4n) is 2.38. The van der Waals surface area contributed by atoms with Crippen molar-refractivity contribution >= 4 is 23.0 Å². The highest BCUT2D eigenvalue weighted by Crippen LogP contribution is 2.27. The molecule has 0 aromatic carbocycles. The van der Waals surface area contributed by atoms with Crippen LogP contribution < -0.4 is 11.1 Å². The van der Waals surface area contributed by atoms with Gasteiger partial charge in [0.15, 0.2) is 0 Å². The summed E-state index contributed by atoms with van der Waals surface area (Å²) in [6, 6.07) is 0.629. The number of nitrogen functional groups attached to an aromatic ring is 1. The molecule has 0 bridgehead atoms. The van der Waals surface area contributed by atoms with Crippen molar-refractivity contribution in [2.45, 2.75) is 26.3 Å². The zero-order chi connectivity index (χ0) is 13.1. The van der Waals surface area contributed by atoms with Crippen LogP contribution in [0.25, 0.3) is 0 Å². The van der Waals surface area contributed by atoms with Gasteiger partial charge >= 0.3 is 0 Å². The van der Waals surface area contributed by atoms with Gasteiger partial charge in [0.05, 0.1) is 22.6 Å². The van der Waals surface area contributed by atoms with Gasteiger partial charge in [-0.25, -0.2) is 0 Å². The lowest BCUT2D eigenvalue weighted by Crippen LogP contribution is -2.29. The Kier molecular flexibility index (Phi) is 4.30. The lowest BCUT2D eigenvalue weighted by atomic mass is 10.1. The Labute approximate surface area is 114 Å². The zero-order valence-electron chi connectivity index (χ0n) is 11.0. The van der Waals surface area contributed by atoms with E-state index in [0.29, 0.717) is 22.7 Å². The SMILES string of the molecule is CC(C)N1CCC(CNc2c(N)cncc2Cl)C1. The summed E-state index contributed by atoms with van der Waals surface area (Å²) in [5.41, 5.74) is 7.29. The molecule has 0 aliphatic carbocycles. The highest BCUT2D eigenvalue weighted by Gasteiger charge is 2.24. The molecule has 100 valence electrons. The van der Waals surface area contributed by atoms with Crippen molar-refractivity contribution in [3.05, 3.63) is 17.4 Å². The molecule has 1 unspecified atom stereocenters. The fourth-order valence-corrected chi connectivity index (χ4v) is 2.61. The Morgan fingerprint density at radius 2 is 2.33 bits per heavy atom. The van der Waals surface area contributed by atoms with Gasteiger partial charge in [0.1, 0.15) is 0 Å². The van der Waals surface area contributed by atoms with Gasteiger partial charge in [-0.2, -0.15) is 0 Å². The Bertz CT molecular complexity index is 388. The minimum absolute atomic E-state index is 0.591. The van der Waals surface area contributed by atoms with E-state index < -0.39 is 0 Å². The Hall–Kier alpha value is -1.00. The van der Waals surface area contributed by atoms with Crippen LogP contribution in [0.2, 0.25) is 5.02 Å². The molecule has 5 heteroatoms.